The number of carbonyl (C=O) groups excluding carboxylic acids is 1. The number of nitrogens with zero attached hydrogens (tertiary/aromatic N) is 4. The summed E-state index contributed by atoms with van der Waals surface area (Å²) in [6.07, 6.45) is 3.10. The first-order chi connectivity index (χ1) is 17.5. The third-order valence-electron chi connectivity index (χ3n) is 5.57. The minimum absolute atomic E-state index is 0.00438. The van der Waals surface area contributed by atoms with Crippen molar-refractivity contribution in [1.82, 2.24) is 14.8 Å². The first-order valence-electron chi connectivity index (χ1n) is 11.1. The van der Waals surface area contributed by atoms with E-state index in [-0.39, 0.29) is 11.5 Å². The Morgan fingerprint density at radius 3 is 2.22 bits per heavy atom. The second kappa shape index (κ2) is 9.89. The van der Waals surface area contributed by atoms with E-state index in [2.05, 4.69) is 4.98 Å². The molecule has 36 heavy (non-hydrogen) atoms. The first kappa shape index (κ1) is 23.1. The molecule has 5 aromatic rings. The first-order valence-corrected chi connectivity index (χ1v) is 12.0. The van der Waals surface area contributed by atoms with Crippen LogP contribution in [0.25, 0.3) is 33.7 Å². The Morgan fingerprint density at radius 2 is 1.58 bits per heavy atom. The standard InChI is InChI=1S/C28H20N4O3S/c1-19-27(26(33)17-14-20-12-15-23(16-13-20)32(34)35)36-28(29-19)31-25(22-10-6-3-7-11-22)18-24(30-31)21-8-4-2-5-9-21/h2-18H,1H3/b17-14+. The summed E-state index contributed by atoms with van der Waals surface area (Å²) in [7, 11) is 0. The van der Waals surface area contributed by atoms with Crippen LogP contribution in [0, 0.1) is 17.0 Å². The fraction of sp³-hybridized carbons (Fsp3) is 0.0357. The van der Waals surface area contributed by atoms with E-state index in [0.29, 0.717) is 21.3 Å². The molecule has 0 atom stereocenters. The van der Waals surface area contributed by atoms with Crippen LogP contribution in [0.2, 0.25) is 0 Å². The summed E-state index contributed by atoms with van der Waals surface area (Å²) < 4.78 is 1.78. The van der Waals surface area contributed by atoms with Gasteiger partial charge in [-0.05, 0) is 36.8 Å². The van der Waals surface area contributed by atoms with Gasteiger partial charge in [0.2, 0.25) is 5.13 Å². The Morgan fingerprint density at radius 1 is 0.944 bits per heavy atom. The average molecular weight is 493 g/mol. The van der Waals surface area contributed by atoms with Crippen LogP contribution in [-0.4, -0.2) is 25.5 Å². The fourth-order valence-corrected chi connectivity index (χ4v) is 4.70. The van der Waals surface area contributed by atoms with Gasteiger partial charge in [-0.1, -0.05) is 78.1 Å². The summed E-state index contributed by atoms with van der Waals surface area (Å²) in [6, 6.07) is 27.9. The molecule has 0 aliphatic carbocycles. The summed E-state index contributed by atoms with van der Waals surface area (Å²) >= 11 is 1.28. The van der Waals surface area contributed by atoms with Gasteiger partial charge in [0.25, 0.3) is 5.69 Å². The highest BCUT2D eigenvalue weighted by Crippen LogP contribution is 2.31. The lowest BCUT2D eigenvalue weighted by Gasteiger charge is -2.03. The predicted octanol–water partition coefficient (Wildman–Crippen LogP) is 6.78. The number of hydrogen-bond acceptors (Lipinski definition) is 6. The Kier molecular flexibility index (Phi) is 6.34. The number of benzene rings is 3. The van der Waals surface area contributed by atoms with Gasteiger partial charge < -0.3 is 0 Å². The lowest BCUT2D eigenvalue weighted by Crippen LogP contribution is -1.98. The Balaban J connectivity index is 1.49. The molecule has 2 aromatic heterocycles. The van der Waals surface area contributed by atoms with E-state index in [0.717, 1.165) is 22.5 Å². The zero-order valence-electron chi connectivity index (χ0n) is 19.2. The molecule has 0 N–H and O–H groups in total. The van der Waals surface area contributed by atoms with Gasteiger partial charge in [0, 0.05) is 23.3 Å². The summed E-state index contributed by atoms with van der Waals surface area (Å²) in [5.74, 6) is -0.189. The van der Waals surface area contributed by atoms with Gasteiger partial charge in [-0.15, -0.1) is 0 Å². The van der Waals surface area contributed by atoms with Crippen LogP contribution in [0.4, 0.5) is 5.69 Å². The molecule has 0 unspecified atom stereocenters. The second-order valence-electron chi connectivity index (χ2n) is 8.02. The lowest BCUT2D eigenvalue weighted by atomic mass is 10.1. The molecule has 0 radical (unpaired) electrons. The molecule has 8 heteroatoms. The molecule has 0 bridgehead atoms. The van der Waals surface area contributed by atoms with Crippen LogP contribution < -0.4 is 0 Å². The predicted molar refractivity (Wildman–Crippen MR) is 141 cm³/mol. The van der Waals surface area contributed by atoms with Crippen LogP contribution in [-0.2, 0) is 0 Å². The lowest BCUT2D eigenvalue weighted by molar-refractivity contribution is -0.384. The van der Waals surface area contributed by atoms with Crippen LogP contribution in [0.5, 0.6) is 0 Å². The number of allylic oxidation sites excluding steroid dienone is 1. The number of thiazole rings is 1. The maximum absolute atomic E-state index is 13.0. The van der Waals surface area contributed by atoms with Crippen molar-refractivity contribution >= 4 is 28.9 Å². The highest BCUT2D eigenvalue weighted by Gasteiger charge is 2.19. The Bertz CT molecular complexity index is 1570. The largest absolute Gasteiger partial charge is 0.288 e. The second-order valence-corrected chi connectivity index (χ2v) is 8.99. The van der Waals surface area contributed by atoms with E-state index in [1.165, 1.54) is 29.5 Å². The van der Waals surface area contributed by atoms with E-state index in [1.807, 2.05) is 66.7 Å². The molecular weight excluding hydrogens is 472 g/mol. The van der Waals surface area contributed by atoms with Gasteiger partial charge in [-0.2, -0.15) is 5.10 Å². The quantitative estimate of drug-likeness (QED) is 0.108. The molecule has 0 fully saturated rings. The number of rotatable bonds is 7. The number of ketones is 1. The van der Waals surface area contributed by atoms with Crippen molar-refractivity contribution in [2.75, 3.05) is 0 Å². The summed E-state index contributed by atoms with van der Waals surface area (Å²) in [4.78, 5) is 28.6. The van der Waals surface area contributed by atoms with Crippen molar-refractivity contribution in [2.45, 2.75) is 6.92 Å². The van der Waals surface area contributed by atoms with E-state index >= 15 is 0 Å². The molecule has 2 heterocycles. The molecule has 0 spiro atoms. The molecule has 0 amide bonds. The maximum atomic E-state index is 13.0. The van der Waals surface area contributed by atoms with Crippen LogP contribution in [0.15, 0.2) is 97.1 Å². The summed E-state index contributed by atoms with van der Waals surface area (Å²) in [5, 5.41) is 16.3. The molecule has 0 aliphatic rings. The van der Waals surface area contributed by atoms with Crippen molar-refractivity contribution in [3.63, 3.8) is 0 Å². The number of nitro benzene ring substituents is 1. The monoisotopic (exact) mass is 492 g/mol. The third-order valence-corrected chi connectivity index (χ3v) is 6.72. The van der Waals surface area contributed by atoms with Crippen molar-refractivity contribution in [3.05, 3.63) is 123 Å². The van der Waals surface area contributed by atoms with Crippen LogP contribution >= 0.6 is 11.3 Å². The van der Waals surface area contributed by atoms with Crippen LogP contribution in [0.3, 0.4) is 0 Å². The highest BCUT2D eigenvalue weighted by molar-refractivity contribution is 7.16. The fourth-order valence-electron chi connectivity index (χ4n) is 3.75. The van der Waals surface area contributed by atoms with E-state index in [4.69, 9.17) is 5.10 Å². The smallest absolute Gasteiger partial charge is 0.269 e. The molecule has 0 saturated carbocycles. The molecule has 5 rings (SSSR count). The molecule has 7 nitrogen and oxygen atoms in total. The zero-order valence-corrected chi connectivity index (χ0v) is 20.1. The topological polar surface area (TPSA) is 90.9 Å². The van der Waals surface area contributed by atoms with Gasteiger partial charge in [0.1, 0.15) is 0 Å². The van der Waals surface area contributed by atoms with Gasteiger partial charge in [0.15, 0.2) is 5.78 Å². The minimum atomic E-state index is -0.455. The number of aryl methyl sites for hydroxylation is 1. The van der Waals surface area contributed by atoms with Crippen molar-refractivity contribution in [1.29, 1.82) is 0 Å². The van der Waals surface area contributed by atoms with E-state index in [9.17, 15) is 14.9 Å². The average Bonchev–Trinajstić information content (AvgIpc) is 3.53. The molecule has 3 aromatic carbocycles. The van der Waals surface area contributed by atoms with Crippen molar-refractivity contribution in [3.8, 4) is 27.6 Å². The molecule has 0 aliphatic heterocycles. The third kappa shape index (κ3) is 4.75. The normalized spacial score (nSPS) is 11.1. The summed E-state index contributed by atoms with van der Waals surface area (Å²) in [5.41, 5.74) is 4.99. The van der Waals surface area contributed by atoms with Gasteiger partial charge >= 0.3 is 0 Å². The number of carbonyl (C=O) groups is 1. The van der Waals surface area contributed by atoms with E-state index < -0.39 is 4.92 Å². The zero-order chi connectivity index (χ0) is 25.1. The summed E-state index contributed by atoms with van der Waals surface area (Å²) in [6.45, 7) is 1.80. The number of hydrogen-bond donors (Lipinski definition) is 0. The van der Waals surface area contributed by atoms with Gasteiger partial charge in [-0.25, -0.2) is 9.67 Å². The number of non-ortho nitro benzene ring substituents is 1. The molecule has 0 saturated heterocycles. The number of aromatic nitrogens is 3. The highest BCUT2D eigenvalue weighted by atomic mass is 32.1. The molecule has 176 valence electrons. The Hall–Kier alpha value is -4.69. The minimum Gasteiger partial charge on any atom is -0.288 e. The van der Waals surface area contributed by atoms with Gasteiger partial charge in [0.05, 0.1) is 26.9 Å². The number of nitro groups is 1. The van der Waals surface area contributed by atoms with Gasteiger partial charge in [-0.3, -0.25) is 14.9 Å². The van der Waals surface area contributed by atoms with E-state index in [1.54, 1.807) is 29.8 Å². The molecular formula is C28H20N4O3S. The van der Waals surface area contributed by atoms with Crippen LogP contribution in [0.1, 0.15) is 20.9 Å². The van der Waals surface area contributed by atoms with Crippen molar-refractivity contribution in [2.24, 2.45) is 0 Å². The Labute approximate surface area is 211 Å². The maximum Gasteiger partial charge on any atom is 0.269 e. The van der Waals surface area contributed by atoms with Crippen molar-refractivity contribution < 1.29 is 9.72 Å². The SMILES string of the molecule is Cc1nc(-n2nc(-c3ccccc3)cc2-c2ccccc2)sc1C(=O)/C=C/c1ccc([N+](=O)[O-])cc1.